The van der Waals surface area contributed by atoms with Crippen LogP contribution in [0.3, 0.4) is 0 Å². The highest BCUT2D eigenvalue weighted by Crippen LogP contribution is 2.54. The van der Waals surface area contributed by atoms with Gasteiger partial charge in [0.2, 0.25) is 5.91 Å². The van der Waals surface area contributed by atoms with Gasteiger partial charge in [-0.1, -0.05) is 26.0 Å². The summed E-state index contributed by atoms with van der Waals surface area (Å²) in [6.07, 6.45) is 2.62. The van der Waals surface area contributed by atoms with E-state index in [0.717, 1.165) is 51.4 Å². The number of fused-ring (bicyclic) bond motifs is 1. The van der Waals surface area contributed by atoms with Gasteiger partial charge in [0.1, 0.15) is 5.75 Å². The van der Waals surface area contributed by atoms with Gasteiger partial charge in [0, 0.05) is 44.9 Å². The van der Waals surface area contributed by atoms with E-state index in [1.165, 1.54) is 5.56 Å². The first-order valence-electron chi connectivity index (χ1n) is 10.3. The zero-order chi connectivity index (χ0) is 19.0. The number of hydrogen-bond acceptors (Lipinski definition) is 4. The van der Waals surface area contributed by atoms with E-state index < -0.39 is 0 Å². The van der Waals surface area contributed by atoms with E-state index in [4.69, 9.17) is 9.47 Å². The molecule has 3 aliphatic heterocycles. The van der Waals surface area contributed by atoms with Crippen LogP contribution in [0.15, 0.2) is 24.3 Å². The summed E-state index contributed by atoms with van der Waals surface area (Å²) in [6.45, 7) is 10.4. The van der Waals surface area contributed by atoms with Crippen LogP contribution < -0.4 is 10.1 Å². The molecular weight excluding hydrogens is 340 g/mol. The molecule has 0 saturated carbocycles. The maximum atomic E-state index is 11.4. The van der Waals surface area contributed by atoms with E-state index in [-0.39, 0.29) is 11.5 Å². The van der Waals surface area contributed by atoms with Crippen LogP contribution in [0.2, 0.25) is 0 Å². The molecule has 3 aliphatic rings. The molecule has 0 unspecified atom stereocenters. The summed E-state index contributed by atoms with van der Waals surface area (Å²) in [5.74, 6) is 2.52. The highest BCUT2D eigenvalue weighted by Gasteiger charge is 2.62. The molecule has 0 radical (unpaired) electrons. The number of carbonyl (C=O) groups excluding carboxylic acids is 1. The van der Waals surface area contributed by atoms with Crippen LogP contribution in [0.5, 0.6) is 5.75 Å². The van der Waals surface area contributed by atoms with Gasteiger partial charge >= 0.3 is 0 Å². The Bertz CT molecular complexity index is 692. The highest BCUT2D eigenvalue weighted by atomic mass is 16.5. The minimum Gasteiger partial charge on any atom is -0.493 e. The summed E-state index contributed by atoms with van der Waals surface area (Å²) in [7, 11) is 0. The summed E-state index contributed by atoms with van der Waals surface area (Å²) in [5, 5.41) is 3.02. The van der Waals surface area contributed by atoms with Crippen LogP contribution in [0.25, 0.3) is 0 Å². The zero-order valence-electron chi connectivity index (χ0n) is 16.7. The first kappa shape index (κ1) is 18.8. The largest absolute Gasteiger partial charge is 0.493 e. The molecule has 27 heavy (non-hydrogen) atoms. The van der Waals surface area contributed by atoms with Crippen LogP contribution in [0.4, 0.5) is 0 Å². The third-order valence-corrected chi connectivity index (χ3v) is 6.33. The van der Waals surface area contributed by atoms with Crippen molar-refractivity contribution in [2.24, 2.45) is 17.8 Å². The number of ether oxygens (including phenoxy) is 2. The Balaban J connectivity index is 1.39. The van der Waals surface area contributed by atoms with Gasteiger partial charge in [0.05, 0.1) is 18.3 Å². The fourth-order valence-corrected chi connectivity index (χ4v) is 5.20. The van der Waals surface area contributed by atoms with E-state index in [9.17, 15) is 4.79 Å². The van der Waals surface area contributed by atoms with Gasteiger partial charge < -0.3 is 14.8 Å². The molecule has 0 aliphatic carbocycles. The van der Waals surface area contributed by atoms with Gasteiger partial charge in [0.15, 0.2) is 0 Å². The van der Waals surface area contributed by atoms with Crippen molar-refractivity contribution >= 4 is 5.91 Å². The van der Waals surface area contributed by atoms with Crippen molar-refractivity contribution < 1.29 is 14.3 Å². The third-order valence-electron chi connectivity index (χ3n) is 6.33. The minimum absolute atomic E-state index is 0.0134. The fourth-order valence-electron chi connectivity index (χ4n) is 5.20. The maximum absolute atomic E-state index is 11.4. The Morgan fingerprint density at radius 1 is 1.44 bits per heavy atom. The third kappa shape index (κ3) is 3.85. The van der Waals surface area contributed by atoms with Crippen molar-refractivity contribution in [3.63, 3.8) is 0 Å². The first-order chi connectivity index (χ1) is 12.9. The molecule has 2 bridgehead atoms. The van der Waals surface area contributed by atoms with E-state index in [1.54, 1.807) is 6.92 Å². The van der Waals surface area contributed by atoms with Crippen molar-refractivity contribution in [2.75, 3.05) is 26.2 Å². The average molecular weight is 373 g/mol. The van der Waals surface area contributed by atoms with Crippen molar-refractivity contribution in [1.29, 1.82) is 0 Å². The number of nitrogens with zero attached hydrogens (tertiary/aromatic N) is 1. The second-order valence-electron chi connectivity index (χ2n) is 8.99. The van der Waals surface area contributed by atoms with Crippen molar-refractivity contribution in [2.45, 2.75) is 51.9 Å². The summed E-state index contributed by atoms with van der Waals surface area (Å²) in [5.41, 5.74) is 1.31. The van der Waals surface area contributed by atoms with Crippen molar-refractivity contribution in [3.8, 4) is 5.75 Å². The van der Waals surface area contributed by atoms with Gasteiger partial charge in [-0.3, -0.25) is 9.69 Å². The quantitative estimate of drug-likeness (QED) is 0.800. The lowest BCUT2D eigenvalue weighted by atomic mass is 9.73. The molecule has 1 aromatic rings. The number of amides is 1. The Morgan fingerprint density at radius 3 is 3.07 bits per heavy atom. The van der Waals surface area contributed by atoms with E-state index in [0.29, 0.717) is 23.9 Å². The Hall–Kier alpha value is -1.59. The molecule has 5 heteroatoms. The molecule has 5 nitrogen and oxygen atoms in total. The normalized spacial score (nSPS) is 32.1. The van der Waals surface area contributed by atoms with E-state index in [2.05, 4.69) is 42.3 Å². The smallest absolute Gasteiger partial charge is 0.216 e. The van der Waals surface area contributed by atoms with Gasteiger partial charge in [-0.25, -0.2) is 0 Å². The zero-order valence-corrected chi connectivity index (χ0v) is 16.7. The number of carbonyl (C=O) groups is 1. The molecule has 0 aromatic heterocycles. The van der Waals surface area contributed by atoms with Gasteiger partial charge in [0.25, 0.3) is 0 Å². The summed E-state index contributed by atoms with van der Waals surface area (Å²) < 4.78 is 12.4. The molecule has 3 heterocycles. The van der Waals surface area contributed by atoms with E-state index in [1.807, 2.05) is 6.07 Å². The Morgan fingerprint density at radius 2 is 2.30 bits per heavy atom. The fraction of sp³-hybridized carbons (Fsp3) is 0.682. The number of benzene rings is 1. The van der Waals surface area contributed by atoms with Gasteiger partial charge in [-0.2, -0.15) is 0 Å². The van der Waals surface area contributed by atoms with Crippen LogP contribution in [-0.2, 0) is 16.1 Å². The summed E-state index contributed by atoms with van der Waals surface area (Å²) in [6, 6.07) is 8.47. The number of likely N-dealkylation sites (tertiary alicyclic amines) is 1. The second kappa shape index (κ2) is 7.44. The predicted octanol–water partition coefficient (Wildman–Crippen LogP) is 2.84. The topological polar surface area (TPSA) is 50.8 Å². The minimum atomic E-state index is 0.0134. The number of nitrogens with one attached hydrogen (secondary N) is 1. The van der Waals surface area contributed by atoms with Crippen LogP contribution >= 0.6 is 0 Å². The molecule has 148 valence electrons. The monoisotopic (exact) mass is 372 g/mol. The lowest BCUT2D eigenvalue weighted by Gasteiger charge is -2.29. The molecule has 1 N–H and O–H groups in total. The number of hydrogen-bond donors (Lipinski definition) is 1. The average Bonchev–Trinajstić information content (AvgIpc) is 3.26. The van der Waals surface area contributed by atoms with Gasteiger partial charge in [-0.05, 0) is 36.5 Å². The SMILES string of the molecule is CC(=O)NC[C@H]1[C@H]2CN(Cc3cccc(OCC(C)C)c3)C[C@]23CC[C@H]1O3. The lowest BCUT2D eigenvalue weighted by Crippen LogP contribution is -2.41. The van der Waals surface area contributed by atoms with Crippen LogP contribution in [-0.4, -0.2) is 48.8 Å². The maximum Gasteiger partial charge on any atom is 0.216 e. The molecular formula is C22H32N2O3. The molecule has 1 amide bonds. The Kier molecular flexibility index (Phi) is 5.17. The predicted molar refractivity (Wildman–Crippen MR) is 105 cm³/mol. The standard InChI is InChI=1S/C22H32N2O3/c1-15(2)13-26-18-6-4-5-17(9-18)11-24-12-20-19(10-23-16(3)25)21-7-8-22(20,14-24)27-21/h4-6,9,15,19-21H,7-8,10-14H2,1-3H3,(H,23,25)/t19-,20+,21+,22+/m0/s1. The van der Waals surface area contributed by atoms with Crippen molar-refractivity contribution in [1.82, 2.24) is 10.2 Å². The molecule has 3 fully saturated rings. The second-order valence-corrected chi connectivity index (χ2v) is 8.99. The van der Waals surface area contributed by atoms with Crippen molar-refractivity contribution in [3.05, 3.63) is 29.8 Å². The Labute approximate surface area is 162 Å². The van der Waals surface area contributed by atoms with E-state index >= 15 is 0 Å². The molecule has 4 atom stereocenters. The highest BCUT2D eigenvalue weighted by molar-refractivity contribution is 5.72. The summed E-state index contributed by atoms with van der Waals surface area (Å²) in [4.78, 5) is 13.9. The van der Waals surface area contributed by atoms with Gasteiger partial charge in [-0.15, -0.1) is 0 Å². The molecule has 1 aromatic carbocycles. The molecule has 1 spiro atoms. The van der Waals surface area contributed by atoms with Crippen LogP contribution in [0, 0.1) is 17.8 Å². The number of rotatable bonds is 7. The molecule has 4 rings (SSSR count). The lowest BCUT2D eigenvalue weighted by molar-refractivity contribution is -0.119. The molecule has 3 saturated heterocycles. The van der Waals surface area contributed by atoms with Crippen LogP contribution in [0.1, 0.15) is 39.2 Å². The first-order valence-corrected chi connectivity index (χ1v) is 10.3. The summed E-state index contributed by atoms with van der Waals surface area (Å²) >= 11 is 0.